The van der Waals surface area contributed by atoms with Gasteiger partial charge in [0.2, 0.25) is 0 Å². The number of imide groups is 1. The zero-order chi connectivity index (χ0) is 17.3. The molecule has 7 heteroatoms. The number of halogens is 3. The van der Waals surface area contributed by atoms with Crippen molar-refractivity contribution in [2.75, 3.05) is 0 Å². The highest BCUT2D eigenvalue weighted by Crippen LogP contribution is 2.34. The topological polar surface area (TPSA) is 37.4 Å². The highest BCUT2D eigenvalue weighted by atomic mass is 127. The van der Waals surface area contributed by atoms with Crippen LogP contribution in [0.25, 0.3) is 6.08 Å². The van der Waals surface area contributed by atoms with Gasteiger partial charge >= 0.3 is 0 Å². The lowest BCUT2D eigenvalue weighted by atomic mass is 10.2. The smallest absolute Gasteiger partial charge is 0.268 e. The third-order valence-electron chi connectivity index (χ3n) is 3.42. The van der Waals surface area contributed by atoms with E-state index >= 15 is 0 Å². The molecule has 122 valence electrons. The van der Waals surface area contributed by atoms with E-state index in [-0.39, 0.29) is 17.1 Å². The predicted octanol–water partition coefficient (Wildman–Crippen LogP) is 5.32. The van der Waals surface area contributed by atoms with Gasteiger partial charge in [-0.05, 0) is 70.3 Å². The van der Waals surface area contributed by atoms with Crippen LogP contribution in [0.15, 0.2) is 47.4 Å². The lowest BCUT2D eigenvalue weighted by Crippen LogP contribution is -2.28. The molecule has 0 spiro atoms. The molecule has 0 bridgehead atoms. The van der Waals surface area contributed by atoms with Crippen molar-refractivity contribution in [3.05, 3.63) is 72.9 Å². The largest absolute Gasteiger partial charge is 0.293 e. The molecule has 2 aromatic carbocycles. The average molecular weight is 474 g/mol. The minimum atomic E-state index is -0.539. The van der Waals surface area contributed by atoms with Crippen molar-refractivity contribution in [2.45, 2.75) is 6.54 Å². The monoisotopic (exact) mass is 473 g/mol. The Morgan fingerprint density at radius 1 is 1.17 bits per heavy atom. The van der Waals surface area contributed by atoms with Gasteiger partial charge in [0.05, 0.1) is 11.4 Å². The second-order valence-electron chi connectivity index (χ2n) is 5.02. The summed E-state index contributed by atoms with van der Waals surface area (Å²) >= 11 is 9.00. The second-order valence-corrected chi connectivity index (χ2v) is 7.67. The maximum absolute atomic E-state index is 13.9. The summed E-state index contributed by atoms with van der Waals surface area (Å²) in [6, 6.07) is 11.8. The molecule has 1 aliphatic heterocycles. The molecule has 0 aromatic heterocycles. The SMILES string of the molecule is O=C1S/C(=C\c2ccc(I)cc2)C(=O)N1Cc1c(F)cccc1Cl. The summed E-state index contributed by atoms with van der Waals surface area (Å²) in [5.41, 5.74) is 0.960. The Morgan fingerprint density at radius 3 is 2.54 bits per heavy atom. The predicted molar refractivity (Wildman–Crippen MR) is 102 cm³/mol. The quantitative estimate of drug-likeness (QED) is 0.447. The molecule has 1 aliphatic rings. The Bertz CT molecular complexity index is 834. The lowest BCUT2D eigenvalue weighted by Gasteiger charge is -2.14. The van der Waals surface area contributed by atoms with Gasteiger partial charge in [-0.3, -0.25) is 14.5 Å². The van der Waals surface area contributed by atoms with Crippen LogP contribution in [-0.4, -0.2) is 16.0 Å². The van der Waals surface area contributed by atoms with Crippen molar-refractivity contribution in [1.29, 1.82) is 0 Å². The van der Waals surface area contributed by atoms with Gasteiger partial charge in [-0.1, -0.05) is 29.8 Å². The van der Waals surface area contributed by atoms with E-state index in [1.54, 1.807) is 6.08 Å². The van der Waals surface area contributed by atoms with Crippen LogP contribution in [0.1, 0.15) is 11.1 Å². The Kier molecular flexibility index (Phi) is 5.27. The van der Waals surface area contributed by atoms with E-state index in [0.29, 0.717) is 4.91 Å². The Labute approximate surface area is 161 Å². The molecule has 0 aliphatic carbocycles. The van der Waals surface area contributed by atoms with Crippen molar-refractivity contribution >= 4 is 63.2 Å². The molecule has 3 nitrogen and oxygen atoms in total. The number of carbonyl (C=O) groups excluding carboxylic acids is 2. The molecule has 0 saturated carbocycles. The van der Waals surface area contributed by atoms with Crippen LogP contribution in [0, 0.1) is 9.39 Å². The number of hydrogen-bond donors (Lipinski definition) is 0. The van der Waals surface area contributed by atoms with Crippen LogP contribution in [-0.2, 0) is 11.3 Å². The first-order chi connectivity index (χ1) is 11.5. The molecule has 1 heterocycles. The van der Waals surface area contributed by atoms with Gasteiger partial charge in [0.15, 0.2) is 0 Å². The number of amides is 2. The van der Waals surface area contributed by atoms with Gasteiger partial charge in [-0.2, -0.15) is 0 Å². The number of hydrogen-bond acceptors (Lipinski definition) is 3. The van der Waals surface area contributed by atoms with E-state index < -0.39 is 17.0 Å². The first kappa shape index (κ1) is 17.4. The fraction of sp³-hybridized carbons (Fsp3) is 0.0588. The Hall–Kier alpha value is -1.38. The molecular weight excluding hydrogens is 464 g/mol. The molecule has 1 saturated heterocycles. The van der Waals surface area contributed by atoms with E-state index in [2.05, 4.69) is 22.6 Å². The third kappa shape index (κ3) is 3.65. The lowest BCUT2D eigenvalue weighted by molar-refractivity contribution is -0.123. The molecule has 0 radical (unpaired) electrons. The molecular formula is C17H10ClFINO2S. The highest BCUT2D eigenvalue weighted by molar-refractivity contribution is 14.1. The molecule has 0 unspecified atom stereocenters. The number of rotatable bonds is 3. The van der Waals surface area contributed by atoms with Crippen LogP contribution in [0.3, 0.4) is 0 Å². The van der Waals surface area contributed by atoms with Crippen molar-refractivity contribution in [1.82, 2.24) is 4.90 Å². The molecule has 0 atom stereocenters. The zero-order valence-electron chi connectivity index (χ0n) is 12.1. The van der Waals surface area contributed by atoms with Crippen molar-refractivity contribution in [3.8, 4) is 0 Å². The van der Waals surface area contributed by atoms with Crippen LogP contribution < -0.4 is 0 Å². The van der Waals surface area contributed by atoms with Crippen LogP contribution in [0.5, 0.6) is 0 Å². The highest BCUT2D eigenvalue weighted by Gasteiger charge is 2.35. The Balaban J connectivity index is 1.85. The molecule has 1 fully saturated rings. The molecule has 0 N–H and O–H groups in total. The number of nitrogens with zero attached hydrogens (tertiary/aromatic N) is 1. The number of thioether (sulfide) groups is 1. The van der Waals surface area contributed by atoms with Crippen LogP contribution >= 0.6 is 46.0 Å². The van der Waals surface area contributed by atoms with Crippen molar-refractivity contribution in [2.24, 2.45) is 0 Å². The number of carbonyl (C=O) groups is 2. The fourth-order valence-electron chi connectivity index (χ4n) is 2.19. The van der Waals surface area contributed by atoms with Gasteiger partial charge in [-0.15, -0.1) is 0 Å². The standard InChI is InChI=1S/C17H10ClFINO2S/c18-13-2-1-3-14(19)12(13)9-21-16(22)15(24-17(21)23)8-10-4-6-11(20)7-5-10/h1-8H,9H2/b15-8-. The summed E-state index contributed by atoms with van der Waals surface area (Å²) in [5.74, 6) is -0.981. The van der Waals surface area contributed by atoms with E-state index in [0.717, 1.165) is 25.8 Å². The van der Waals surface area contributed by atoms with Gasteiger partial charge in [0.25, 0.3) is 11.1 Å². The van der Waals surface area contributed by atoms with Gasteiger partial charge in [-0.25, -0.2) is 4.39 Å². The maximum atomic E-state index is 13.9. The maximum Gasteiger partial charge on any atom is 0.293 e. The van der Waals surface area contributed by atoms with E-state index in [1.807, 2.05) is 24.3 Å². The van der Waals surface area contributed by atoms with E-state index in [4.69, 9.17) is 11.6 Å². The molecule has 3 rings (SSSR count). The first-order valence-electron chi connectivity index (χ1n) is 6.89. The molecule has 2 amide bonds. The van der Waals surface area contributed by atoms with E-state index in [1.165, 1.54) is 18.2 Å². The molecule has 2 aromatic rings. The summed E-state index contributed by atoms with van der Waals surface area (Å²) < 4.78 is 15.0. The third-order valence-corrected chi connectivity index (χ3v) is 5.40. The summed E-state index contributed by atoms with van der Waals surface area (Å²) in [7, 11) is 0. The van der Waals surface area contributed by atoms with Gasteiger partial charge < -0.3 is 0 Å². The van der Waals surface area contributed by atoms with Crippen molar-refractivity contribution in [3.63, 3.8) is 0 Å². The summed E-state index contributed by atoms with van der Waals surface area (Å²) in [4.78, 5) is 25.9. The first-order valence-corrected chi connectivity index (χ1v) is 9.17. The number of benzene rings is 2. The van der Waals surface area contributed by atoms with Gasteiger partial charge in [0, 0.05) is 14.2 Å². The summed E-state index contributed by atoms with van der Waals surface area (Å²) in [6.45, 7) is -0.180. The van der Waals surface area contributed by atoms with Gasteiger partial charge in [0.1, 0.15) is 5.82 Å². The second kappa shape index (κ2) is 7.25. The zero-order valence-corrected chi connectivity index (χ0v) is 15.9. The van der Waals surface area contributed by atoms with Crippen LogP contribution in [0.4, 0.5) is 9.18 Å². The van der Waals surface area contributed by atoms with E-state index in [9.17, 15) is 14.0 Å². The van der Waals surface area contributed by atoms with Crippen LogP contribution in [0.2, 0.25) is 5.02 Å². The van der Waals surface area contributed by atoms with Crippen molar-refractivity contribution < 1.29 is 14.0 Å². The minimum Gasteiger partial charge on any atom is -0.268 e. The average Bonchev–Trinajstić information content (AvgIpc) is 2.80. The fourth-order valence-corrected chi connectivity index (χ4v) is 3.61. The summed E-state index contributed by atoms with van der Waals surface area (Å²) in [5, 5.41) is -0.244. The molecule has 24 heavy (non-hydrogen) atoms. The Morgan fingerprint density at radius 2 is 1.88 bits per heavy atom. The summed E-state index contributed by atoms with van der Waals surface area (Å²) in [6.07, 6.45) is 1.66. The normalized spacial score (nSPS) is 16.3. The minimum absolute atomic E-state index is 0.136.